The van der Waals surface area contributed by atoms with Gasteiger partial charge in [0.1, 0.15) is 6.61 Å². The molecule has 0 aromatic carbocycles. The first-order valence-electron chi connectivity index (χ1n) is 4.15. The van der Waals surface area contributed by atoms with E-state index in [1.165, 1.54) is 0 Å². The Labute approximate surface area is 76.3 Å². The molecule has 0 unspecified atom stereocenters. The molecule has 0 radical (unpaired) electrons. The van der Waals surface area contributed by atoms with E-state index < -0.39 is 12.6 Å². The summed E-state index contributed by atoms with van der Waals surface area (Å²) in [5.74, 6) is -1.22. The Morgan fingerprint density at radius 1 is 1.38 bits per heavy atom. The Kier molecular flexibility index (Phi) is 6.91. The van der Waals surface area contributed by atoms with Crippen molar-refractivity contribution in [3.8, 4) is 0 Å². The molecule has 0 amide bonds. The summed E-state index contributed by atoms with van der Waals surface area (Å²) in [6.45, 7) is -0.140. The standard InChI is InChI=1S/C6H10O2.C2H4O3/c7-6-4-2-1-3-5-8-6;3-1-2(4)5/h1-5H2;3H,1H2,(H,4,5). The van der Waals surface area contributed by atoms with E-state index in [4.69, 9.17) is 19.7 Å². The van der Waals surface area contributed by atoms with Crippen LogP contribution in [-0.2, 0) is 14.3 Å². The topological polar surface area (TPSA) is 83.8 Å². The number of cyclic esters (lactones) is 1. The number of hydrogen-bond acceptors (Lipinski definition) is 4. The predicted octanol–water partition coefficient (Wildman–Crippen LogP) is 0.167. The monoisotopic (exact) mass is 190 g/mol. The molecule has 0 aliphatic carbocycles. The third-order valence-corrected chi connectivity index (χ3v) is 1.42. The predicted molar refractivity (Wildman–Crippen MR) is 44.1 cm³/mol. The van der Waals surface area contributed by atoms with Crippen LogP contribution in [0, 0.1) is 0 Å². The summed E-state index contributed by atoms with van der Waals surface area (Å²) in [6.07, 6.45) is 3.83. The van der Waals surface area contributed by atoms with Gasteiger partial charge in [-0.2, -0.15) is 0 Å². The Morgan fingerprint density at radius 3 is 2.54 bits per heavy atom. The van der Waals surface area contributed by atoms with E-state index in [9.17, 15) is 4.79 Å². The summed E-state index contributed by atoms with van der Waals surface area (Å²) in [4.78, 5) is 19.6. The molecule has 0 atom stereocenters. The van der Waals surface area contributed by atoms with Crippen LogP contribution in [0.25, 0.3) is 0 Å². The highest BCUT2D eigenvalue weighted by Crippen LogP contribution is 2.06. The second-order valence-corrected chi connectivity index (χ2v) is 2.58. The third-order valence-electron chi connectivity index (χ3n) is 1.42. The highest BCUT2D eigenvalue weighted by atomic mass is 16.5. The van der Waals surface area contributed by atoms with E-state index >= 15 is 0 Å². The number of aliphatic hydroxyl groups excluding tert-OH is 1. The zero-order valence-electron chi connectivity index (χ0n) is 7.36. The molecule has 0 spiro atoms. The lowest BCUT2D eigenvalue weighted by molar-refractivity contribution is -0.142. The molecule has 2 N–H and O–H groups in total. The molecule has 0 saturated carbocycles. The lowest BCUT2D eigenvalue weighted by Crippen LogP contribution is -2.00. The van der Waals surface area contributed by atoms with E-state index in [1.54, 1.807) is 0 Å². The number of aliphatic carboxylic acids is 1. The summed E-state index contributed by atoms with van der Waals surface area (Å²) in [5, 5.41) is 15.0. The maximum Gasteiger partial charge on any atom is 0.329 e. The van der Waals surface area contributed by atoms with Gasteiger partial charge in [-0.1, -0.05) is 0 Å². The van der Waals surface area contributed by atoms with Gasteiger partial charge in [-0.3, -0.25) is 4.79 Å². The maximum absolute atomic E-state index is 10.5. The lowest BCUT2D eigenvalue weighted by Gasteiger charge is -1.93. The molecule has 5 heteroatoms. The molecule has 13 heavy (non-hydrogen) atoms. The largest absolute Gasteiger partial charge is 0.480 e. The second kappa shape index (κ2) is 7.54. The number of carbonyl (C=O) groups is 2. The molecule has 76 valence electrons. The Morgan fingerprint density at radius 2 is 2.00 bits per heavy atom. The van der Waals surface area contributed by atoms with Crippen molar-refractivity contribution in [2.45, 2.75) is 25.7 Å². The fourth-order valence-corrected chi connectivity index (χ4v) is 0.806. The molecular weight excluding hydrogens is 176 g/mol. The summed E-state index contributed by atoms with van der Waals surface area (Å²) in [7, 11) is 0. The minimum atomic E-state index is -1.19. The first-order chi connectivity index (χ1) is 6.16. The van der Waals surface area contributed by atoms with Gasteiger partial charge in [0, 0.05) is 6.42 Å². The first-order valence-corrected chi connectivity index (χ1v) is 4.15. The van der Waals surface area contributed by atoms with E-state index in [1.807, 2.05) is 0 Å². The number of ether oxygens (including phenoxy) is 1. The van der Waals surface area contributed by atoms with Crippen LogP contribution >= 0.6 is 0 Å². The van der Waals surface area contributed by atoms with Gasteiger partial charge in [0.25, 0.3) is 0 Å². The number of rotatable bonds is 1. The molecule has 0 bridgehead atoms. The van der Waals surface area contributed by atoms with Crippen molar-refractivity contribution in [1.29, 1.82) is 0 Å². The number of aliphatic hydroxyl groups is 1. The number of carboxylic acid groups (broad SMARTS) is 1. The fraction of sp³-hybridized carbons (Fsp3) is 0.750. The van der Waals surface area contributed by atoms with Gasteiger partial charge < -0.3 is 14.9 Å². The quantitative estimate of drug-likeness (QED) is 0.576. The van der Waals surface area contributed by atoms with Crippen molar-refractivity contribution in [2.75, 3.05) is 13.2 Å². The minimum absolute atomic E-state index is 0.0255. The maximum atomic E-state index is 10.5. The van der Waals surface area contributed by atoms with Gasteiger partial charge in [-0.15, -0.1) is 0 Å². The summed E-state index contributed by atoms with van der Waals surface area (Å²) in [5.41, 5.74) is 0. The number of carbonyl (C=O) groups excluding carboxylic acids is 1. The lowest BCUT2D eigenvalue weighted by atomic mass is 10.2. The average Bonchev–Trinajstić information content (AvgIpc) is 2.33. The van der Waals surface area contributed by atoms with Crippen molar-refractivity contribution >= 4 is 11.9 Å². The summed E-state index contributed by atoms with van der Waals surface area (Å²) >= 11 is 0. The molecular formula is C8H14O5. The number of esters is 1. The first kappa shape index (κ1) is 11.9. The van der Waals surface area contributed by atoms with Gasteiger partial charge in [-0.25, -0.2) is 4.79 Å². The van der Waals surface area contributed by atoms with Crippen LogP contribution in [0.5, 0.6) is 0 Å². The van der Waals surface area contributed by atoms with E-state index in [-0.39, 0.29) is 5.97 Å². The molecule has 0 aromatic rings. The fourth-order valence-electron chi connectivity index (χ4n) is 0.806. The van der Waals surface area contributed by atoms with E-state index in [2.05, 4.69) is 0 Å². The van der Waals surface area contributed by atoms with Crippen LogP contribution in [0.15, 0.2) is 0 Å². The van der Waals surface area contributed by atoms with Gasteiger partial charge in [0.05, 0.1) is 6.61 Å². The Bertz CT molecular complexity index is 156. The van der Waals surface area contributed by atoms with Crippen molar-refractivity contribution in [1.82, 2.24) is 0 Å². The van der Waals surface area contributed by atoms with Gasteiger partial charge in [-0.05, 0) is 19.3 Å². The van der Waals surface area contributed by atoms with Crippen molar-refractivity contribution in [2.24, 2.45) is 0 Å². The van der Waals surface area contributed by atoms with Crippen molar-refractivity contribution in [3.63, 3.8) is 0 Å². The summed E-state index contributed by atoms with van der Waals surface area (Å²) in [6, 6.07) is 0. The third kappa shape index (κ3) is 8.81. The number of carboxylic acids is 1. The molecule has 5 nitrogen and oxygen atoms in total. The number of hydrogen-bond donors (Lipinski definition) is 2. The molecule has 1 aliphatic rings. The zero-order chi connectivity index (χ0) is 10.1. The van der Waals surface area contributed by atoms with Gasteiger partial charge >= 0.3 is 11.9 Å². The normalized spacial score (nSPS) is 16.2. The van der Waals surface area contributed by atoms with Crippen LogP contribution in [0.3, 0.4) is 0 Å². The van der Waals surface area contributed by atoms with E-state index in [0.717, 1.165) is 19.3 Å². The minimum Gasteiger partial charge on any atom is -0.480 e. The Balaban J connectivity index is 0.000000252. The van der Waals surface area contributed by atoms with Gasteiger partial charge in [0.15, 0.2) is 0 Å². The van der Waals surface area contributed by atoms with Crippen LogP contribution in [0.1, 0.15) is 25.7 Å². The summed E-state index contributed by atoms with van der Waals surface area (Å²) < 4.78 is 4.76. The smallest absolute Gasteiger partial charge is 0.329 e. The molecule has 1 rings (SSSR count). The van der Waals surface area contributed by atoms with E-state index in [0.29, 0.717) is 13.0 Å². The molecule has 0 aromatic heterocycles. The Hall–Kier alpha value is -1.10. The van der Waals surface area contributed by atoms with Crippen LogP contribution in [-0.4, -0.2) is 35.4 Å². The zero-order valence-corrected chi connectivity index (χ0v) is 7.36. The van der Waals surface area contributed by atoms with Crippen LogP contribution < -0.4 is 0 Å². The van der Waals surface area contributed by atoms with Crippen LogP contribution in [0.2, 0.25) is 0 Å². The second-order valence-electron chi connectivity index (χ2n) is 2.58. The highest BCUT2D eigenvalue weighted by Gasteiger charge is 2.05. The van der Waals surface area contributed by atoms with Crippen molar-refractivity contribution in [3.05, 3.63) is 0 Å². The highest BCUT2D eigenvalue weighted by molar-refractivity contribution is 5.69. The molecule has 1 heterocycles. The van der Waals surface area contributed by atoms with Gasteiger partial charge in [0.2, 0.25) is 0 Å². The average molecular weight is 190 g/mol. The van der Waals surface area contributed by atoms with Crippen molar-refractivity contribution < 1.29 is 24.5 Å². The molecule has 1 aliphatic heterocycles. The SMILES string of the molecule is O=C(O)CO.O=C1CCCCCO1. The molecule has 1 fully saturated rings. The molecule has 1 saturated heterocycles. The van der Waals surface area contributed by atoms with Crippen LogP contribution in [0.4, 0.5) is 0 Å².